The Kier molecular flexibility index (Phi) is 2.66. The molecular weight excluding hydrogens is 214 g/mol. The number of hydrogen-bond acceptors (Lipinski definition) is 5. The third kappa shape index (κ3) is 1.98. The maximum atomic E-state index is 11.5. The molecule has 2 rings (SSSR count). The topological polar surface area (TPSA) is 73.3 Å². The zero-order chi connectivity index (χ0) is 10.8. The highest BCUT2D eigenvalue weighted by atomic mass is 32.1. The van der Waals surface area contributed by atoms with Crippen LogP contribution in [0.3, 0.4) is 0 Å². The Bertz CT molecular complexity index is 555. The standard InChI is InChI=1S/C10H9NO3S/c11-4-3-7(12)6-1-2-8-9(5-6)15-10(13)14-8/h1-2,5H,3-4,11H2. The summed E-state index contributed by atoms with van der Waals surface area (Å²) in [5.41, 5.74) is 6.39. The minimum absolute atomic E-state index is 0.0137. The van der Waals surface area contributed by atoms with Gasteiger partial charge in [-0.15, -0.1) is 0 Å². The molecule has 0 spiro atoms. The van der Waals surface area contributed by atoms with Crippen molar-refractivity contribution in [2.45, 2.75) is 6.42 Å². The number of carbonyl (C=O) groups is 1. The molecule has 78 valence electrons. The Morgan fingerprint density at radius 1 is 1.47 bits per heavy atom. The number of fused-ring (bicyclic) bond motifs is 1. The summed E-state index contributed by atoms with van der Waals surface area (Å²) < 4.78 is 5.59. The van der Waals surface area contributed by atoms with E-state index >= 15 is 0 Å². The van der Waals surface area contributed by atoms with Crippen molar-refractivity contribution in [2.75, 3.05) is 6.54 Å². The van der Waals surface area contributed by atoms with E-state index in [0.717, 1.165) is 11.3 Å². The average Bonchev–Trinajstić information content (AvgIpc) is 2.57. The van der Waals surface area contributed by atoms with Crippen LogP contribution >= 0.6 is 11.3 Å². The monoisotopic (exact) mass is 223 g/mol. The summed E-state index contributed by atoms with van der Waals surface area (Å²) in [5, 5.41) is 0. The molecule has 5 heteroatoms. The molecule has 0 bridgehead atoms. The molecule has 0 radical (unpaired) electrons. The van der Waals surface area contributed by atoms with Crippen molar-refractivity contribution in [2.24, 2.45) is 5.73 Å². The minimum atomic E-state index is -0.353. The highest BCUT2D eigenvalue weighted by Gasteiger charge is 2.08. The molecule has 0 aliphatic heterocycles. The molecule has 0 fully saturated rings. The fourth-order valence-electron chi connectivity index (χ4n) is 1.32. The van der Waals surface area contributed by atoms with Crippen LogP contribution in [0.25, 0.3) is 10.3 Å². The van der Waals surface area contributed by atoms with Gasteiger partial charge in [0, 0.05) is 12.0 Å². The van der Waals surface area contributed by atoms with Gasteiger partial charge in [-0.05, 0) is 24.7 Å². The molecule has 0 saturated carbocycles. The van der Waals surface area contributed by atoms with Crippen LogP contribution in [0.4, 0.5) is 0 Å². The molecule has 1 heterocycles. The van der Waals surface area contributed by atoms with E-state index in [1.165, 1.54) is 0 Å². The lowest BCUT2D eigenvalue weighted by molar-refractivity contribution is 0.0985. The average molecular weight is 223 g/mol. The lowest BCUT2D eigenvalue weighted by Crippen LogP contribution is -2.07. The van der Waals surface area contributed by atoms with Gasteiger partial charge >= 0.3 is 4.94 Å². The number of rotatable bonds is 3. The number of carbonyl (C=O) groups excluding carboxylic acids is 1. The Morgan fingerprint density at radius 2 is 2.27 bits per heavy atom. The summed E-state index contributed by atoms with van der Waals surface area (Å²) in [6.07, 6.45) is 0.318. The number of nitrogens with two attached hydrogens (primary N) is 1. The molecule has 0 aliphatic rings. The van der Waals surface area contributed by atoms with Crippen LogP contribution in [0.2, 0.25) is 0 Å². The highest BCUT2D eigenvalue weighted by Crippen LogP contribution is 2.19. The second-order valence-electron chi connectivity index (χ2n) is 3.08. The van der Waals surface area contributed by atoms with E-state index in [2.05, 4.69) is 0 Å². The summed E-state index contributed by atoms with van der Waals surface area (Å²) in [6.45, 7) is 0.332. The van der Waals surface area contributed by atoms with Crippen molar-refractivity contribution in [1.82, 2.24) is 0 Å². The van der Waals surface area contributed by atoms with E-state index in [1.807, 2.05) is 0 Å². The Hall–Kier alpha value is -1.46. The van der Waals surface area contributed by atoms with Crippen LogP contribution in [0.1, 0.15) is 16.8 Å². The molecule has 0 amide bonds. The van der Waals surface area contributed by atoms with E-state index in [0.29, 0.717) is 28.8 Å². The van der Waals surface area contributed by atoms with Gasteiger partial charge in [-0.25, -0.2) is 4.79 Å². The quantitative estimate of drug-likeness (QED) is 0.798. The molecule has 4 nitrogen and oxygen atoms in total. The van der Waals surface area contributed by atoms with Gasteiger partial charge in [0.15, 0.2) is 5.78 Å². The third-order valence-corrected chi connectivity index (χ3v) is 2.81. The molecule has 0 unspecified atom stereocenters. The summed E-state index contributed by atoms with van der Waals surface area (Å²) in [5.74, 6) is -0.0137. The van der Waals surface area contributed by atoms with Gasteiger partial charge in [0.25, 0.3) is 0 Å². The summed E-state index contributed by atoms with van der Waals surface area (Å²) in [4.78, 5) is 22.1. The maximum absolute atomic E-state index is 11.5. The molecule has 0 aliphatic carbocycles. The van der Waals surface area contributed by atoms with Crippen LogP contribution < -0.4 is 10.7 Å². The Labute approximate surface area is 89.3 Å². The van der Waals surface area contributed by atoms with Crippen LogP contribution in [0, 0.1) is 0 Å². The summed E-state index contributed by atoms with van der Waals surface area (Å²) in [7, 11) is 0. The van der Waals surface area contributed by atoms with Gasteiger partial charge in [0.05, 0.1) is 4.70 Å². The molecule has 1 aromatic carbocycles. The van der Waals surface area contributed by atoms with E-state index in [-0.39, 0.29) is 10.7 Å². The number of benzene rings is 1. The van der Waals surface area contributed by atoms with Crippen molar-refractivity contribution < 1.29 is 9.21 Å². The molecule has 0 atom stereocenters. The smallest absolute Gasteiger partial charge is 0.396 e. The molecule has 2 N–H and O–H groups in total. The van der Waals surface area contributed by atoms with E-state index in [9.17, 15) is 9.59 Å². The first kappa shape index (κ1) is 10.1. The van der Waals surface area contributed by atoms with E-state index < -0.39 is 0 Å². The molecule has 0 saturated heterocycles. The summed E-state index contributed by atoms with van der Waals surface area (Å²) >= 11 is 0.996. The van der Waals surface area contributed by atoms with Crippen LogP contribution in [-0.4, -0.2) is 12.3 Å². The zero-order valence-electron chi connectivity index (χ0n) is 7.86. The van der Waals surface area contributed by atoms with Crippen LogP contribution in [-0.2, 0) is 0 Å². The minimum Gasteiger partial charge on any atom is -0.414 e. The predicted molar refractivity (Wildman–Crippen MR) is 58.4 cm³/mol. The highest BCUT2D eigenvalue weighted by molar-refractivity contribution is 7.16. The SMILES string of the molecule is NCCC(=O)c1ccc2oc(=O)sc2c1. The van der Waals surface area contributed by atoms with Gasteiger partial charge in [-0.2, -0.15) is 0 Å². The molecule has 15 heavy (non-hydrogen) atoms. The fraction of sp³-hybridized carbons (Fsp3) is 0.200. The zero-order valence-corrected chi connectivity index (χ0v) is 8.67. The second kappa shape index (κ2) is 3.96. The van der Waals surface area contributed by atoms with Crippen LogP contribution in [0.15, 0.2) is 27.4 Å². The number of hydrogen-bond donors (Lipinski definition) is 1. The summed E-state index contributed by atoms with van der Waals surface area (Å²) in [6, 6.07) is 4.95. The Morgan fingerprint density at radius 3 is 3.00 bits per heavy atom. The van der Waals surface area contributed by atoms with Gasteiger partial charge < -0.3 is 10.2 Å². The first-order valence-corrected chi connectivity index (χ1v) is 5.29. The number of Topliss-reactive ketones (excluding diaryl/α,β-unsaturated/α-hetero) is 1. The predicted octanol–water partition coefficient (Wildman–Crippen LogP) is 1.39. The van der Waals surface area contributed by atoms with Crippen molar-refractivity contribution in [1.29, 1.82) is 0 Å². The molecular formula is C10H9NO3S. The normalized spacial score (nSPS) is 10.7. The lowest BCUT2D eigenvalue weighted by Gasteiger charge is -1.97. The van der Waals surface area contributed by atoms with Gasteiger partial charge in [-0.1, -0.05) is 11.3 Å². The number of ketones is 1. The molecule has 2 aromatic rings. The van der Waals surface area contributed by atoms with Crippen molar-refractivity contribution in [3.05, 3.63) is 33.5 Å². The maximum Gasteiger partial charge on any atom is 0.396 e. The largest absolute Gasteiger partial charge is 0.414 e. The first-order chi connectivity index (χ1) is 7.20. The van der Waals surface area contributed by atoms with Gasteiger partial charge in [-0.3, -0.25) is 4.79 Å². The van der Waals surface area contributed by atoms with Crippen molar-refractivity contribution >= 4 is 27.4 Å². The first-order valence-electron chi connectivity index (χ1n) is 4.47. The third-order valence-electron chi connectivity index (χ3n) is 2.02. The molecule has 1 aromatic heterocycles. The van der Waals surface area contributed by atoms with Crippen LogP contribution in [0.5, 0.6) is 0 Å². The van der Waals surface area contributed by atoms with Crippen molar-refractivity contribution in [3.8, 4) is 0 Å². The fourth-order valence-corrected chi connectivity index (χ4v) is 2.03. The second-order valence-corrected chi connectivity index (χ2v) is 4.05. The van der Waals surface area contributed by atoms with E-state index in [4.69, 9.17) is 10.2 Å². The lowest BCUT2D eigenvalue weighted by atomic mass is 10.1. The van der Waals surface area contributed by atoms with Gasteiger partial charge in [0.2, 0.25) is 0 Å². The van der Waals surface area contributed by atoms with Crippen molar-refractivity contribution in [3.63, 3.8) is 0 Å². The Balaban J connectivity index is 2.46. The van der Waals surface area contributed by atoms with Gasteiger partial charge in [0.1, 0.15) is 5.58 Å². The van der Waals surface area contributed by atoms with E-state index in [1.54, 1.807) is 18.2 Å².